The molecule has 168 valence electrons. The predicted molar refractivity (Wildman–Crippen MR) is 110 cm³/mol. The maximum Gasteiger partial charge on any atom is 0.419 e. The summed E-state index contributed by atoms with van der Waals surface area (Å²) in [4.78, 5) is 11.0. The number of alkyl halides is 3. The van der Waals surface area contributed by atoms with Crippen LogP contribution in [0.25, 0.3) is 11.3 Å². The van der Waals surface area contributed by atoms with Crippen molar-refractivity contribution in [2.45, 2.75) is 50.9 Å². The first-order chi connectivity index (χ1) is 14.7. The van der Waals surface area contributed by atoms with Gasteiger partial charge in [0.25, 0.3) is 0 Å². The summed E-state index contributed by atoms with van der Waals surface area (Å²) >= 11 is 0. The second kappa shape index (κ2) is 7.48. The number of nitrogen functional groups attached to an aromatic ring is 1. The van der Waals surface area contributed by atoms with Gasteiger partial charge in [-0.2, -0.15) is 13.2 Å². The van der Waals surface area contributed by atoms with Crippen molar-refractivity contribution in [3.8, 4) is 11.3 Å². The van der Waals surface area contributed by atoms with Crippen molar-refractivity contribution < 1.29 is 17.9 Å². The van der Waals surface area contributed by atoms with Crippen LogP contribution in [-0.4, -0.2) is 51.8 Å². The Morgan fingerprint density at radius 3 is 2.45 bits per heavy atom. The first-order valence-electron chi connectivity index (χ1n) is 11.0. The third kappa shape index (κ3) is 3.71. The summed E-state index contributed by atoms with van der Waals surface area (Å²) in [6.07, 6.45) is 1.08. The third-order valence-corrected chi connectivity index (χ3v) is 7.06. The number of anilines is 1. The van der Waals surface area contributed by atoms with E-state index in [0.29, 0.717) is 35.2 Å². The van der Waals surface area contributed by atoms with Crippen LogP contribution in [0.3, 0.4) is 0 Å². The summed E-state index contributed by atoms with van der Waals surface area (Å²) in [7, 11) is 0. The average molecular weight is 435 g/mol. The average Bonchev–Trinajstić information content (AvgIpc) is 3.09. The molecule has 3 heterocycles. The number of hydrogen-bond donors (Lipinski definition) is 1. The molecule has 0 aromatic carbocycles. The van der Waals surface area contributed by atoms with Crippen molar-refractivity contribution in [3.63, 3.8) is 0 Å². The molecule has 1 aliphatic heterocycles. The molecule has 2 saturated carbocycles. The van der Waals surface area contributed by atoms with E-state index < -0.39 is 17.6 Å². The Morgan fingerprint density at radius 1 is 1.16 bits per heavy atom. The van der Waals surface area contributed by atoms with Crippen molar-refractivity contribution in [1.82, 2.24) is 19.4 Å². The van der Waals surface area contributed by atoms with Gasteiger partial charge in [-0.1, -0.05) is 13.8 Å². The zero-order valence-electron chi connectivity index (χ0n) is 17.8. The number of ether oxygens (including phenoxy) is 1. The Bertz CT molecular complexity index is 955. The Kier molecular flexibility index (Phi) is 5.01. The highest BCUT2D eigenvalue weighted by molar-refractivity contribution is 5.62. The molecule has 0 radical (unpaired) electrons. The topological polar surface area (TPSA) is 69.2 Å². The Labute approximate surface area is 179 Å². The molecular weight excluding hydrogens is 407 g/mol. The standard InChI is InChI=1S/C22H28F3N5O/c1-12(2)21-28-18(13-7-17(22(23,24)25)20(26)27-10-13)11-30(21)19-15-8-14(9-16(15)19)29-3-5-31-6-4-29/h7,10-12,14-16,19H,3-6,8-9H2,1-2H3,(H2,26,27)/t14-,15+,16-,19+. The molecule has 2 aromatic rings. The molecule has 5 rings (SSSR count). The number of nitrogens with two attached hydrogens (primary N) is 1. The lowest BCUT2D eigenvalue weighted by molar-refractivity contribution is -0.137. The maximum atomic E-state index is 13.3. The van der Waals surface area contributed by atoms with Crippen molar-refractivity contribution in [3.05, 3.63) is 29.8 Å². The lowest BCUT2D eigenvalue weighted by Crippen LogP contribution is -2.43. The molecule has 4 atom stereocenters. The lowest BCUT2D eigenvalue weighted by Gasteiger charge is -2.33. The molecule has 0 amide bonds. The van der Waals surface area contributed by atoms with Crippen LogP contribution in [0.5, 0.6) is 0 Å². The van der Waals surface area contributed by atoms with E-state index in [0.717, 1.165) is 38.2 Å². The quantitative estimate of drug-likeness (QED) is 0.788. The molecule has 3 aliphatic rings. The number of imidazole rings is 1. The maximum absolute atomic E-state index is 13.3. The number of rotatable bonds is 4. The summed E-state index contributed by atoms with van der Waals surface area (Å²) in [5.74, 6) is 1.81. The van der Waals surface area contributed by atoms with Gasteiger partial charge in [0.15, 0.2) is 0 Å². The van der Waals surface area contributed by atoms with Crippen molar-refractivity contribution >= 4 is 5.82 Å². The molecule has 3 fully saturated rings. The van der Waals surface area contributed by atoms with Gasteiger partial charge in [0.05, 0.1) is 24.5 Å². The molecular formula is C22H28F3N5O. The Morgan fingerprint density at radius 2 is 1.84 bits per heavy atom. The lowest BCUT2D eigenvalue weighted by atomic mass is 10.1. The van der Waals surface area contributed by atoms with E-state index >= 15 is 0 Å². The zero-order chi connectivity index (χ0) is 21.9. The van der Waals surface area contributed by atoms with Crippen molar-refractivity contribution in [1.29, 1.82) is 0 Å². The SMILES string of the molecule is CC(C)c1nc(-c2cnc(N)c(C(F)(F)F)c2)cn1[C@@H]1[C@@H]2C[C@H](N3CCOCC3)C[C@@H]21. The van der Waals surface area contributed by atoms with Crippen molar-refractivity contribution in [2.24, 2.45) is 11.8 Å². The third-order valence-electron chi connectivity index (χ3n) is 7.06. The molecule has 0 unspecified atom stereocenters. The van der Waals surface area contributed by atoms with Crippen LogP contribution in [0.4, 0.5) is 19.0 Å². The van der Waals surface area contributed by atoms with Crippen LogP contribution in [0, 0.1) is 11.8 Å². The van der Waals surface area contributed by atoms with Crippen LogP contribution < -0.4 is 5.73 Å². The fraction of sp³-hybridized carbons (Fsp3) is 0.636. The molecule has 2 N–H and O–H groups in total. The van der Waals surface area contributed by atoms with Gasteiger partial charge in [0, 0.05) is 49.0 Å². The number of pyridine rings is 1. The van der Waals surface area contributed by atoms with E-state index in [4.69, 9.17) is 15.5 Å². The van der Waals surface area contributed by atoms with Crippen molar-refractivity contribution in [2.75, 3.05) is 32.0 Å². The van der Waals surface area contributed by atoms with Crippen LogP contribution >= 0.6 is 0 Å². The van der Waals surface area contributed by atoms with Gasteiger partial charge in [0.1, 0.15) is 11.6 Å². The minimum Gasteiger partial charge on any atom is -0.383 e. The summed E-state index contributed by atoms with van der Waals surface area (Å²) in [5.41, 5.74) is 5.42. The summed E-state index contributed by atoms with van der Waals surface area (Å²) in [5, 5.41) is 0. The van der Waals surface area contributed by atoms with E-state index in [2.05, 4.69) is 28.3 Å². The largest absolute Gasteiger partial charge is 0.419 e. The molecule has 9 heteroatoms. The summed E-state index contributed by atoms with van der Waals surface area (Å²) in [6, 6.07) is 2.07. The first-order valence-corrected chi connectivity index (χ1v) is 11.0. The molecule has 1 saturated heterocycles. The van der Waals surface area contributed by atoms with Gasteiger partial charge in [-0.05, 0) is 30.7 Å². The minimum absolute atomic E-state index is 0.175. The molecule has 6 nitrogen and oxygen atoms in total. The highest BCUT2D eigenvalue weighted by atomic mass is 19.4. The minimum atomic E-state index is -4.54. The van der Waals surface area contributed by atoms with E-state index in [9.17, 15) is 13.2 Å². The van der Waals surface area contributed by atoms with E-state index in [-0.39, 0.29) is 5.92 Å². The number of aromatic nitrogens is 3. The molecule has 0 bridgehead atoms. The zero-order valence-corrected chi connectivity index (χ0v) is 17.8. The van der Waals surface area contributed by atoms with Crippen LogP contribution in [0.2, 0.25) is 0 Å². The predicted octanol–water partition coefficient (Wildman–Crippen LogP) is 3.95. The fourth-order valence-electron chi connectivity index (χ4n) is 5.49. The molecule has 31 heavy (non-hydrogen) atoms. The molecule has 0 spiro atoms. The fourth-order valence-corrected chi connectivity index (χ4v) is 5.49. The van der Waals surface area contributed by atoms with Gasteiger partial charge in [-0.3, -0.25) is 4.90 Å². The molecule has 2 aromatic heterocycles. The van der Waals surface area contributed by atoms with Crippen LogP contribution in [0.15, 0.2) is 18.5 Å². The number of halogens is 3. The Hall–Kier alpha value is -2.13. The summed E-state index contributed by atoms with van der Waals surface area (Å²) in [6.45, 7) is 7.78. The number of fused-ring (bicyclic) bond motifs is 1. The highest BCUT2D eigenvalue weighted by Crippen LogP contribution is 2.62. The number of hydrogen-bond acceptors (Lipinski definition) is 5. The first kappa shape index (κ1) is 20.8. The normalized spacial score (nSPS) is 28.8. The van der Waals surface area contributed by atoms with Gasteiger partial charge in [0.2, 0.25) is 0 Å². The highest BCUT2D eigenvalue weighted by Gasteiger charge is 2.58. The Balaban J connectivity index is 1.39. The van der Waals surface area contributed by atoms with E-state index in [1.54, 1.807) is 0 Å². The molecule has 2 aliphatic carbocycles. The van der Waals surface area contributed by atoms with Crippen LogP contribution in [-0.2, 0) is 10.9 Å². The van der Waals surface area contributed by atoms with Gasteiger partial charge >= 0.3 is 6.18 Å². The van der Waals surface area contributed by atoms with Gasteiger partial charge in [-0.15, -0.1) is 0 Å². The van der Waals surface area contributed by atoms with Crippen LogP contribution in [0.1, 0.15) is 50.0 Å². The monoisotopic (exact) mass is 435 g/mol. The second-order valence-corrected chi connectivity index (χ2v) is 9.29. The smallest absolute Gasteiger partial charge is 0.383 e. The van der Waals surface area contributed by atoms with E-state index in [1.165, 1.54) is 19.0 Å². The number of morpholine rings is 1. The van der Waals surface area contributed by atoms with E-state index in [1.807, 2.05) is 6.20 Å². The van der Waals surface area contributed by atoms with Gasteiger partial charge < -0.3 is 15.0 Å². The number of nitrogens with zero attached hydrogens (tertiary/aromatic N) is 4. The second-order valence-electron chi connectivity index (χ2n) is 9.29. The summed E-state index contributed by atoms with van der Waals surface area (Å²) < 4.78 is 47.5. The van der Waals surface area contributed by atoms with Gasteiger partial charge in [-0.25, -0.2) is 9.97 Å².